The van der Waals surface area contributed by atoms with Gasteiger partial charge in [0, 0.05) is 0 Å². The van der Waals surface area contributed by atoms with E-state index in [0.717, 1.165) is 12.8 Å². The molecule has 150 valence electrons. The second-order valence-corrected chi connectivity index (χ2v) is 9.38. The summed E-state index contributed by atoms with van der Waals surface area (Å²) in [5, 5.41) is 0. The van der Waals surface area contributed by atoms with Crippen molar-refractivity contribution >= 4 is 35.3 Å². The van der Waals surface area contributed by atoms with Crippen molar-refractivity contribution in [3.63, 3.8) is 0 Å². The number of pyridine rings is 1. The van der Waals surface area contributed by atoms with Gasteiger partial charge in [-0.3, -0.25) is 19.2 Å². The lowest BCUT2D eigenvalue weighted by molar-refractivity contribution is -0.124. The van der Waals surface area contributed by atoms with Crippen LogP contribution in [-0.4, -0.2) is 28.6 Å². The number of anilines is 2. The number of rotatable bonds is 2. The number of carbonyl (C=O) groups is 4. The fourth-order valence-corrected chi connectivity index (χ4v) is 6.92. The Labute approximate surface area is 172 Å². The first-order chi connectivity index (χ1) is 14.5. The van der Waals surface area contributed by atoms with Crippen LogP contribution in [-0.2, 0) is 19.2 Å². The topological polar surface area (TPSA) is 87.7 Å². The zero-order valence-electron chi connectivity index (χ0n) is 16.0. The third-order valence-corrected chi connectivity index (χ3v) is 8.12. The summed E-state index contributed by atoms with van der Waals surface area (Å²) in [6.07, 6.45) is 9.92. The number of allylic oxidation sites excluding steroid dienone is 4. The second-order valence-electron chi connectivity index (χ2n) is 9.38. The van der Waals surface area contributed by atoms with Gasteiger partial charge in [-0.2, -0.15) is 0 Å². The number of aromatic nitrogens is 1. The second kappa shape index (κ2) is 5.33. The summed E-state index contributed by atoms with van der Waals surface area (Å²) in [6.45, 7) is 0. The first-order valence-corrected chi connectivity index (χ1v) is 10.6. The Hall–Kier alpha value is -3.09. The van der Waals surface area contributed by atoms with E-state index in [2.05, 4.69) is 4.98 Å². The van der Waals surface area contributed by atoms with Crippen molar-refractivity contribution in [2.24, 2.45) is 47.3 Å². The Morgan fingerprint density at radius 3 is 1.27 bits per heavy atom. The van der Waals surface area contributed by atoms with Crippen LogP contribution in [0.3, 0.4) is 0 Å². The van der Waals surface area contributed by atoms with Crippen molar-refractivity contribution in [2.75, 3.05) is 9.80 Å². The molecule has 4 fully saturated rings. The van der Waals surface area contributed by atoms with Crippen LogP contribution in [0.15, 0.2) is 42.5 Å². The van der Waals surface area contributed by atoms with Gasteiger partial charge in [-0.25, -0.2) is 14.8 Å². The minimum atomic E-state index is -0.311. The maximum Gasteiger partial charge on any atom is 0.239 e. The fourth-order valence-electron chi connectivity index (χ4n) is 6.92. The number of hydrogen-bond acceptors (Lipinski definition) is 5. The molecule has 4 bridgehead atoms. The zero-order valence-corrected chi connectivity index (χ0v) is 16.0. The van der Waals surface area contributed by atoms with E-state index in [1.165, 1.54) is 9.80 Å². The van der Waals surface area contributed by atoms with Crippen LogP contribution in [0.5, 0.6) is 0 Å². The monoisotopic (exact) mass is 401 g/mol. The third kappa shape index (κ3) is 1.80. The molecule has 2 aliphatic heterocycles. The third-order valence-electron chi connectivity index (χ3n) is 8.12. The van der Waals surface area contributed by atoms with Crippen LogP contribution in [0, 0.1) is 47.3 Å². The van der Waals surface area contributed by atoms with Crippen LogP contribution < -0.4 is 9.80 Å². The lowest BCUT2D eigenvalue weighted by atomic mass is 9.85. The van der Waals surface area contributed by atoms with Gasteiger partial charge >= 0.3 is 0 Å². The average molecular weight is 401 g/mol. The van der Waals surface area contributed by atoms with Crippen molar-refractivity contribution in [1.82, 2.24) is 4.98 Å². The summed E-state index contributed by atoms with van der Waals surface area (Å²) in [5.74, 6) is -1.23. The van der Waals surface area contributed by atoms with E-state index in [1.807, 2.05) is 24.3 Å². The van der Waals surface area contributed by atoms with E-state index in [1.54, 1.807) is 18.2 Å². The van der Waals surface area contributed by atoms with Gasteiger partial charge < -0.3 is 0 Å². The average Bonchev–Trinajstić information content (AvgIpc) is 3.55. The lowest BCUT2D eigenvalue weighted by Crippen LogP contribution is -2.36. The fraction of sp³-hybridized carbons (Fsp3) is 0.435. The van der Waals surface area contributed by atoms with Gasteiger partial charge in [0.15, 0.2) is 0 Å². The van der Waals surface area contributed by atoms with Gasteiger partial charge in [-0.1, -0.05) is 30.4 Å². The van der Waals surface area contributed by atoms with Gasteiger partial charge in [0.2, 0.25) is 23.6 Å². The van der Waals surface area contributed by atoms with E-state index in [4.69, 9.17) is 0 Å². The molecule has 0 aromatic carbocycles. The van der Waals surface area contributed by atoms with E-state index in [-0.39, 0.29) is 82.6 Å². The minimum absolute atomic E-state index is 0.119. The zero-order chi connectivity index (χ0) is 20.3. The highest BCUT2D eigenvalue weighted by molar-refractivity contribution is 6.24. The van der Waals surface area contributed by atoms with Gasteiger partial charge in [-0.15, -0.1) is 0 Å². The SMILES string of the molecule is O=C1[C@@H]2[C@H](C(=O)N1c1cccc(N3C(=O)[C@@H]4[C@H](C3=O)[C@H]3C=C[C@@H]4C3)n1)[C@H]1C=C[C@@H]2C1. The Balaban J connectivity index is 1.24. The van der Waals surface area contributed by atoms with E-state index in [0.29, 0.717) is 0 Å². The van der Waals surface area contributed by atoms with Crippen molar-refractivity contribution in [2.45, 2.75) is 12.8 Å². The van der Waals surface area contributed by atoms with Gasteiger partial charge in [0.1, 0.15) is 11.6 Å². The molecule has 4 aliphatic carbocycles. The van der Waals surface area contributed by atoms with E-state index >= 15 is 0 Å². The summed E-state index contributed by atoms with van der Waals surface area (Å²) in [4.78, 5) is 59.1. The first kappa shape index (κ1) is 16.7. The molecule has 1 aromatic heterocycles. The lowest BCUT2D eigenvalue weighted by Gasteiger charge is -2.20. The highest BCUT2D eigenvalue weighted by Crippen LogP contribution is 2.54. The molecule has 8 atom stereocenters. The van der Waals surface area contributed by atoms with Crippen LogP contribution in [0.1, 0.15) is 12.8 Å². The van der Waals surface area contributed by atoms with Crippen LogP contribution in [0.25, 0.3) is 0 Å². The van der Waals surface area contributed by atoms with E-state index in [9.17, 15) is 19.2 Å². The smallest absolute Gasteiger partial charge is 0.239 e. The number of amides is 4. The largest absolute Gasteiger partial charge is 0.274 e. The highest BCUT2D eigenvalue weighted by Gasteiger charge is 2.61. The molecule has 6 aliphatic rings. The quantitative estimate of drug-likeness (QED) is 0.556. The first-order valence-electron chi connectivity index (χ1n) is 10.6. The van der Waals surface area contributed by atoms with E-state index < -0.39 is 0 Å². The molecule has 2 saturated carbocycles. The van der Waals surface area contributed by atoms with Gasteiger partial charge in [-0.05, 0) is 48.6 Å². The Morgan fingerprint density at radius 1 is 0.600 bits per heavy atom. The molecule has 3 heterocycles. The number of nitrogens with zero attached hydrogens (tertiary/aromatic N) is 3. The van der Waals surface area contributed by atoms with Crippen LogP contribution in [0.2, 0.25) is 0 Å². The number of fused-ring (bicyclic) bond motifs is 10. The normalized spacial score (nSPS) is 42.3. The molecule has 4 amide bonds. The molecule has 0 unspecified atom stereocenters. The molecule has 7 heteroatoms. The maximum absolute atomic E-state index is 13.1. The van der Waals surface area contributed by atoms with Gasteiger partial charge in [0.05, 0.1) is 23.7 Å². The molecule has 2 saturated heterocycles. The minimum Gasteiger partial charge on any atom is -0.274 e. The van der Waals surface area contributed by atoms with Crippen molar-refractivity contribution in [3.8, 4) is 0 Å². The molecule has 0 radical (unpaired) electrons. The summed E-state index contributed by atoms with van der Waals surface area (Å²) in [6, 6.07) is 4.86. The summed E-state index contributed by atoms with van der Waals surface area (Å²) in [7, 11) is 0. The maximum atomic E-state index is 13.1. The van der Waals surface area contributed by atoms with Crippen molar-refractivity contribution in [3.05, 3.63) is 42.5 Å². The summed E-state index contributed by atoms with van der Waals surface area (Å²) in [5.41, 5.74) is 0. The Kier molecular flexibility index (Phi) is 2.96. The number of hydrogen-bond donors (Lipinski definition) is 0. The standard InChI is InChI=1S/C23H19N3O4/c27-20-16-10-4-5-11(8-10)17(16)21(28)25(20)14-2-1-3-15(24-14)26-22(29)18-12-6-7-13(9-12)19(18)23(26)30/h1-7,10-13,16-19H,8-9H2/t10-,11+,12-,13+,16+,17-,18+,19-. The highest BCUT2D eigenvalue weighted by atomic mass is 16.2. The Morgan fingerprint density at radius 2 is 0.933 bits per heavy atom. The van der Waals surface area contributed by atoms with Crippen molar-refractivity contribution in [1.29, 1.82) is 0 Å². The van der Waals surface area contributed by atoms with Crippen molar-refractivity contribution < 1.29 is 19.2 Å². The number of imide groups is 2. The molecule has 0 spiro atoms. The molecule has 0 N–H and O–H groups in total. The predicted octanol–water partition coefficient (Wildman–Crippen LogP) is 1.70. The molecule has 7 rings (SSSR count). The molecule has 30 heavy (non-hydrogen) atoms. The van der Waals surface area contributed by atoms with Crippen LogP contribution in [0.4, 0.5) is 11.6 Å². The molecule has 1 aromatic rings. The van der Waals surface area contributed by atoms with Gasteiger partial charge in [0.25, 0.3) is 0 Å². The predicted molar refractivity (Wildman–Crippen MR) is 105 cm³/mol. The summed E-state index contributed by atoms with van der Waals surface area (Å²) < 4.78 is 0. The molecular weight excluding hydrogens is 382 g/mol. The number of carbonyl (C=O) groups excluding carboxylic acids is 4. The van der Waals surface area contributed by atoms with Crippen LogP contribution >= 0.6 is 0 Å². The summed E-state index contributed by atoms with van der Waals surface area (Å²) >= 11 is 0. The molecule has 7 nitrogen and oxygen atoms in total. The molecular formula is C23H19N3O4. The Bertz CT molecular complexity index is 980.